The number of fused-ring (bicyclic) bond motifs is 1. The van der Waals surface area contributed by atoms with Crippen LogP contribution in [0.25, 0.3) is 6.08 Å². The molecule has 0 aliphatic carbocycles. The second kappa shape index (κ2) is 6.96. The zero-order valence-corrected chi connectivity index (χ0v) is 13.6. The van der Waals surface area contributed by atoms with E-state index in [2.05, 4.69) is 0 Å². The number of aromatic carboxylic acids is 1. The largest absolute Gasteiger partial charge is 0.872 e. The molecule has 6 nitrogen and oxygen atoms in total. The van der Waals surface area contributed by atoms with E-state index in [0.29, 0.717) is 16.9 Å². The smallest absolute Gasteiger partial charge is 0.335 e. The maximum absolute atomic E-state index is 12.3. The summed E-state index contributed by atoms with van der Waals surface area (Å²) in [6.45, 7) is 0.247. The van der Waals surface area contributed by atoms with Crippen LogP contribution in [-0.2, 0) is 11.3 Å². The Morgan fingerprint density at radius 1 is 1.24 bits per heavy atom. The number of ether oxygens (including phenoxy) is 2. The summed E-state index contributed by atoms with van der Waals surface area (Å²) in [5.74, 6) is -1.63. The first-order valence-electron chi connectivity index (χ1n) is 7.25. The lowest BCUT2D eigenvalue weighted by molar-refractivity contribution is -0.268. The Kier molecular flexibility index (Phi) is 4.74. The Labute approximate surface area is 147 Å². The van der Waals surface area contributed by atoms with Crippen LogP contribution in [0.2, 0.25) is 5.02 Å². The molecule has 0 amide bonds. The van der Waals surface area contributed by atoms with Crippen molar-refractivity contribution in [2.75, 3.05) is 6.79 Å². The van der Waals surface area contributed by atoms with Crippen LogP contribution in [0.4, 0.5) is 0 Å². The summed E-state index contributed by atoms with van der Waals surface area (Å²) >= 11 is 5.81. The van der Waals surface area contributed by atoms with Gasteiger partial charge in [0.25, 0.3) is 0 Å². The fraction of sp³-hybridized carbons (Fsp3) is 0.111. The number of halogens is 1. The van der Waals surface area contributed by atoms with E-state index in [1.807, 2.05) is 0 Å². The summed E-state index contributed by atoms with van der Waals surface area (Å²) in [5, 5.41) is 21.3. The van der Waals surface area contributed by atoms with Crippen LogP contribution in [0.3, 0.4) is 0 Å². The highest BCUT2D eigenvalue weighted by Crippen LogP contribution is 2.31. The van der Waals surface area contributed by atoms with E-state index in [1.165, 1.54) is 42.5 Å². The Morgan fingerprint density at radius 3 is 2.80 bits per heavy atom. The lowest BCUT2D eigenvalue weighted by Gasteiger charge is -2.20. The Hall–Kier alpha value is -2.83. The summed E-state index contributed by atoms with van der Waals surface area (Å²) < 4.78 is 10.6. The summed E-state index contributed by atoms with van der Waals surface area (Å²) in [6, 6.07) is 6.78. The number of allylic oxidation sites excluding steroid dienone is 1. The van der Waals surface area contributed by atoms with E-state index in [4.69, 9.17) is 21.1 Å². The third kappa shape index (κ3) is 3.65. The van der Waals surface area contributed by atoms with Gasteiger partial charge in [-0.1, -0.05) is 23.4 Å². The molecule has 1 aliphatic rings. The summed E-state index contributed by atoms with van der Waals surface area (Å²) in [6.07, 6.45) is 2.60. The highest BCUT2D eigenvalue weighted by molar-refractivity contribution is 6.31. The summed E-state index contributed by atoms with van der Waals surface area (Å²) in [4.78, 5) is 23.5. The Bertz CT molecular complexity index is 887. The van der Waals surface area contributed by atoms with Crippen molar-refractivity contribution in [2.45, 2.75) is 6.61 Å². The first-order chi connectivity index (χ1) is 12.0. The molecule has 0 bridgehead atoms. The van der Waals surface area contributed by atoms with Crippen molar-refractivity contribution in [2.24, 2.45) is 0 Å². The molecule has 0 fully saturated rings. The number of rotatable bonds is 4. The Morgan fingerprint density at radius 2 is 2.04 bits per heavy atom. The van der Waals surface area contributed by atoms with Crippen molar-refractivity contribution in [1.29, 1.82) is 0 Å². The molecule has 1 aliphatic heterocycles. The second-order valence-electron chi connectivity index (χ2n) is 5.31. The van der Waals surface area contributed by atoms with Crippen LogP contribution >= 0.6 is 11.6 Å². The van der Waals surface area contributed by atoms with Crippen molar-refractivity contribution in [3.8, 4) is 11.5 Å². The molecule has 0 radical (unpaired) electrons. The molecule has 0 spiro atoms. The van der Waals surface area contributed by atoms with E-state index in [0.717, 1.165) is 0 Å². The quantitative estimate of drug-likeness (QED) is 0.666. The molecule has 2 aromatic rings. The maximum Gasteiger partial charge on any atom is 0.335 e. The van der Waals surface area contributed by atoms with Gasteiger partial charge in [-0.2, -0.15) is 0 Å². The van der Waals surface area contributed by atoms with E-state index >= 15 is 0 Å². The van der Waals surface area contributed by atoms with Gasteiger partial charge >= 0.3 is 5.97 Å². The minimum Gasteiger partial charge on any atom is -0.872 e. The first-order valence-corrected chi connectivity index (χ1v) is 7.63. The fourth-order valence-electron chi connectivity index (χ4n) is 2.45. The van der Waals surface area contributed by atoms with Gasteiger partial charge < -0.3 is 19.7 Å². The molecule has 0 aromatic heterocycles. The number of hydrogen-bond acceptors (Lipinski definition) is 5. The molecule has 128 valence electrons. The van der Waals surface area contributed by atoms with Crippen LogP contribution in [0.15, 0.2) is 36.4 Å². The average molecular weight is 360 g/mol. The van der Waals surface area contributed by atoms with Gasteiger partial charge in [0.1, 0.15) is 5.75 Å². The van der Waals surface area contributed by atoms with Crippen molar-refractivity contribution in [3.05, 3.63) is 63.7 Å². The predicted octanol–water partition coefficient (Wildman–Crippen LogP) is 2.87. The van der Waals surface area contributed by atoms with Gasteiger partial charge in [0.05, 0.1) is 12.2 Å². The number of carboxylic acids is 1. The van der Waals surface area contributed by atoms with Crippen molar-refractivity contribution in [3.63, 3.8) is 0 Å². The number of carboxylic acid groups (broad SMARTS) is 1. The molecule has 3 rings (SSSR count). The highest BCUT2D eigenvalue weighted by Gasteiger charge is 2.18. The maximum atomic E-state index is 12.3. The van der Waals surface area contributed by atoms with Gasteiger partial charge in [-0.25, -0.2) is 4.79 Å². The van der Waals surface area contributed by atoms with Crippen LogP contribution in [0, 0.1) is 0 Å². The Balaban J connectivity index is 1.97. The van der Waals surface area contributed by atoms with Gasteiger partial charge in [-0.05, 0) is 36.4 Å². The molecule has 0 saturated carbocycles. The number of ketones is 1. The normalized spacial score (nSPS) is 13.3. The van der Waals surface area contributed by atoms with E-state index in [1.54, 1.807) is 0 Å². The topological polar surface area (TPSA) is 95.9 Å². The molecular weight excluding hydrogens is 348 g/mol. The molecule has 25 heavy (non-hydrogen) atoms. The third-order valence-corrected chi connectivity index (χ3v) is 3.84. The summed E-state index contributed by atoms with van der Waals surface area (Å²) in [5.41, 5.74) is 0.982. The lowest BCUT2D eigenvalue weighted by Crippen LogP contribution is -2.13. The SMILES string of the molecule is O=C(O)c1cc(/C=C/C(=O)c2cc(Cl)ccc2[O-])c2c(c1)COCO2. The molecular formula is C18H12ClO6-. The third-order valence-electron chi connectivity index (χ3n) is 3.61. The minimum atomic E-state index is -1.11. The molecule has 2 aromatic carbocycles. The zero-order chi connectivity index (χ0) is 18.0. The molecule has 0 atom stereocenters. The second-order valence-corrected chi connectivity index (χ2v) is 5.74. The molecule has 7 heteroatoms. The molecule has 0 saturated heterocycles. The number of hydrogen-bond donors (Lipinski definition) is 1. The molecule has 1 N–H and O–H groups in total. The van der Waals surface area contributed by atoms with Crippen LogP contribution in [0.5, 0.6) is 11.5 Å². The van der Waals surface area contributed by atoms with Crippen molar-refractivity contribution in [1.82, 2.24) is 0 Å². The van der Waals surface area contributed by atoms with Gasteiger partial charge in [0.2, 0.25) is 0 Å². The van der Waals surface area contributed by atoms with Crippen LogP contribution in [0.1, 0.15) is 31.8 Å². The van der Waals surface area contributed by atoms with Gasteiger partial charge in [0, 0.05) is 21.7 Å². The lowest BCUT2D eigenvalue weighted by atomic mass is 10.0. The van der Waals surface area contributed by atoms with Gasteiger partial charge in [-0.15, -0.1) is 0 Å². The predicted molar refractivity (Wildman–Crippen MR) is 87.9 cm³/mol. The first kappa shape index (κ1) is 17.0. The van der Waals surface area contributed by atoms with Gasteiger partial charge in [-0.3, -0.25) is 4.79 Å². The number of carbonyl (C=O) groups is 2. The van der Waals surface area contributed by atoms with E-state index < -0.39 is 17.5 Å². The standard InChI is InChI=1S/C18H13ClO6/c19-13-2-4-16(21)14(7-13)15(20)3-1-10-5-11(18(22)23)6-12-8-24-9-25-17(10)12/h1-7,21H,8-9H2,(H,22,23)/p-1/b3-1+. The van der Waals surface area contributed by atoms with Crippen molar-refractivity contribution >= 4 is 29.4 Å². The number of carbonyl (C=O) groups excluding carboxylic acids is 1. The van der Waals surface area contributed by atoms with E-state index in [-0.39, 0.29) is 29.5 Å². The van der Waals surface area contributed by atoms with Crippen LogP contribution < -0.4 is 9.84 Å². The average Bonchev–Trinajstić information content (AvgIpc) is 2.61. The minimum absolute atomic E-state index is 0.0349. The van der Waals surface area contributed by atoms with Crippen molar-refractivity contribution < 1.29 is 29.3 Å². The van der Waals surface area contributed by atoms with Crippen LogP contribution in [-0.4, -0.2) is 23.7 Å². The monoisotopic (exact) mass is 359 g/mol. The van der Waals surface area contributed by atoms with Gasteiger partial charge in [0.15, 0.2) is 12.6 Å². The molecule has 0 unspecified atom stereocenters. The summed E-state index contributed by atoms with van der Waals surface area (Å²) in [7, 11) is 0. The zero-order valence-electron chi connectivity index (χ0n) is 12.8. The van der Waals surface area contributed by atoms with E-state index in [9.17, 15) is 19.8 Å². The fourth-order valence-corrected chi connectivity index (χ4v) is 2.62. The number of benzene rings is 2. The molecule has 1 heterocycles. The highest BCUT2D eigenvalue weighted by atomic mass is 35.5.